The van der Waals surface area contributed by atoms with E-state index in [4.69, 9.17) is 4.42 Å². The quantitative estimate of drug-likeness (QED) is 0.585. The van der Waals surface area contributed by atoms with Gasteiger partial charge in [0.25, 0.3) is 0 Å². The van der Waals surface area contributed by atoms with Crippen LogP contribution in [0.5, 0.6) is 0 Å². The van der Waals surface area contributed by atoms with E-state index in [0.29, 0.717) is 0 Å². The standard InChI is InChI=1S/C17H18BrNO7S/c1-11-4-6-12(7-5-11)27(22,23)19(10-16(20)24-2)9-14-13(17(21)25-3)8-15(18)26-14/h4-8H,9-10H2,1-3H3. The van der Waals surface area contributed by atoms with Crippen molar-refractivity contribution in [2.45, 2.75) is 18.4 Å². The second-order valence-electron chi connectivity index (χ2n) is 5.54. The number of hydrogen-bond donors (Lipinski definition) is 0. The van der Waals surface area contributed by atoms with Gasteiger partial charge in [-0.1, -0.05) is 17.7 Å². The lowest BCUT2D eigenvalue weighted by Gasteiger charge is -2.20. The minimum absolute atomic E-state index is 0.00208. The van der Waals surface area contributed by atoms with Crippen molar-refractivity contribution in [3.63, 3.8) is 0 Å². The Balaban J connectivity index is 2.45. The van der Waals surface area contributed by atoms with E-state index >= 15 is 0 Å². The van der Waals surface area contributed by atoms with Crippen LogP contribution in [0.25, 0.3) is 0 Å². The van der Waals surface area contributed by atoms with Gasteiger partial charge in [-0.05, 0) is 35.0 Å². The molecule has 0 fully saturated rings. The Labute approximate surface area is 165 Å². The lowest BCUT2D eigenvalue weighted by molar-refractivity contribution is -0.140. The van der Waals surface area contributed by atoms with Gasteiger partial charge in [-0.25, -0.2) is 13.2 Å². The first kappa shape index (κ1) is 21.1. The number of halogens is 1. The molecule has 1 aromatic heterocycles. The van der Waals surface area contributed by atoms with Crippen LogP contribution in [-0.4, -0.2) is 45.4 Å². The summed E-state index contributed by atoms with van der Waals surface area (Å²) in [6.45, 7) is 0.915. The molecule has 27 heavy (non-hydrogen) atoms. The number of methoxy groups -OCH3 is 2. The van der Waals surface area contributed by atoms with Crippen LogP contribution in [0, 0.1) is 6.92 Å². The fourth-order valence-electron chi connectivity index (χ4n) is 2.25. The minimum atomic E-state index is -4.06. The third kappa shape index (κ3) is 4.96. The summed E-state index contributed by atoms with van der Waals surface area (Å²) in [6.07, 6.45) is 0. The lowest BCUT2D eigenvalue weighted by Crippen LogP contribution is -2.36. The zero-order valence-corrected chi connectivity index (χ0v) is 17.3. The smallest absolute Gasteiger partial charge is 0.341 e. The van der Waals surface area contributed by atoms with Gasteiger partial charge in [-0.3, -0.25) is 4.79 Å². The van der Waals surface area contributed by atoms with E-state index in [1.807, 2.05) is 6.92 Å². The highest BCUT2D eigenvalue weighted by Crippen LogP contribution is 2.25. The summed E-state index contributed by atoms with van der Waals surface area (Å²) in [7, 11) is -1.70. The Kier molecular flexibility index (Phi) is 6.79. The van der Waals surface area contributed by atoms with E-state index < -0.39 is 28.5 Å². The van der Waals surface area contributed by atoms with E-state index in [2.05, 4.69) is 25.4 Å². The number of sulfonamides is 1. The monoisotopic (exact) mass is 459 g/mol. The number of carbonyl (C=O) groups excluding carboxylic acids is 2. The Morgan fingerprint density at radius 3 is 2.33 bits per heavy atom. The Morgan fingerprint density at radius 1 is 1.15 bits per heavy atom. The molecule has 2 rings (SSSR count). The number of nitrogens with zero attached hydrogens (tertiary/aromatic N) is 1. The second kappa shape index (κ2) is 8.68. The summed E-state index contributed by atoms with van der Waals surface area (Å²) in [5.74, 6) is -1.41. The molecule has 2 aromatic rings. The van der Waals surface area contributed by atoms with Gasteiger partial charge in [-0.2, -0.15) is 4.31 Å². The van der Waals surface area contributed by atoms with E-state index in [0.717, 1.165) is 17.0 Å². The zero-order valence-electron chi connectivity index (χ0n) is 14.9. The summed E-state index contributed by atoms with van der Waals surface area (Å²) in [5.41, 5.74) is 0.940. The minimum Gasteiger partial charge on any atom is -0.468 e. The predicted octanol–water partition coefficient (Wildman–Crippen LogP) is 2.50. The number of esters is 2. The SMILES string of the molecule is COC(=O)CN(Cc1oc(Br)cc1C(=O)OC)S(=O)(=O)c1ccc(C)cc1. The molecule has 1 aromatic carbocycles. The fourth-order valence-corrected chi connectivity index (χ4v) is 4.02. The molecule has 0 radical (unpaired) electrons. The Morgan fingerprint density at radius 2 is 1.78 bits per heavy atom. The van der Waals surface area contributed by atoms with Crippen LogP contribution < -0.4 is 0 Å². The topological polar surface area (TPSA) is 103 Å². The summed E-state index contributed by atoms with van der Waals surface area (Å²) >= 11 is 3.10. The summed E-state index contributed by atoms with van der Waals surface area (Å²) in [6, 6.07) is 7.54. The van der Waals surface area contributed by atoms with Gasteiger partial charge in [0, 0.05) is 6.07 Å². The number of furan rings is 1. The molecule has 0 bridgehead atoms. The molecule has 0 aliphatic rings. The Bertz CT molecular complexity index is 935. The molecule has 1 heterocycles. The lowest BCUT2D eigenvalue weighted by atomic mass is 10.2. The van der Waals surface area contributed by atoms with Crippen LogP contribution in [0.2, 0.25) is 0 Å². The van der Waals surface area contributed by atoms with Crippen molar-refractivity contribution in [1.29, 1.82) is 0 Å². The van der Waals surface area contributed by atoms with Crippen LogP contribution in [0.4, 0.5) is 0 Å². The van der Waals surface area contributed by atoms with Crippen LogP contribution in [0.15, 0.2) is 44.3 Å². The molecule has 0 atom stereocenters. The maximum Gasteiger partial charge on any atom is 0.341 e. The van der Waals surface area contributed by atoms with Crippen LogP contribution in [-0.2, 0) is 30.8 Å². The van der Waals surface area contributed by atoms with E-state index in [9.17, 15) is 18.0 Å². The number of aryl methyl sites for hydroxylation is 1. The molecule has 0 spiro atoms. The van der Waals surface area contributed by atoms with E-state index in [1.165, 1.54) is 25.3 Å². The first-order valence-corrected chi connectivity index (χ1v) is 9.92. The molecule has 0 saturated carbocycles. The predicted molar refractivity (Wildman–Crippen MR) is 98.5 cm³/mol. The molecule has 0 saturated heterocycles. The highest BCUT2D eigenvalue weighted by Gasteiger charge is 2.30. The zero-order chi connectivity index (χ0) is 20.2. The maximum atomic E-state index is 13.0. The second-order valence-corrected chi connectivity index (χ2v) is 8.26. The number of benzene rings is 1. The van der Waals surface area contributed by atoms with Crippen molar-refractivity contribution in [3.8, 4) is 0 Å². The summed E-state index contributed by atoms with van der Waals surface area (Å²) in [5, 5.41) is 0. The highest BCUT2D eigenvalue weighted by molar-refractivity contribution is 9.10. The largest absolute Gasteiger partial charge is 0.468 e. The molecule has 0 N–H and O–H groups in total. The molecule has 0 aliphatic heterocycles. The van der Waals surface area contributed by atoms with Crippen LogP contribution in [0.1, 0.15) is 21.7 Å². The fraction of sp³-hybridized carbons (Fsp3) is 0.294. The van der Waals surface area contributed by atoms with Gasteiger partial charge >= 0.3 is 11.9 Å². The first-order chi connectivity index (χ1) is 12.7. The van der Waals surface area contributed by atoms with Crippen molar-refractivity contribution in [2.24, 2.45) is 0 Å². The van der Waals surface area contributed by atoms with Crippen molar-refractivity contribution in [3.05, 3.63) is 51.9 Å². The van der Waals surface area contributed by atoms with Crippen molar-refractivity contribution < 1.29 is 31.9 Å². The molecule has 0 amide bonds. The van der Waals surface area contributed by atoms with Gasteiger partial charge in [0.2, 0.25) is 10.0 Å². The molecule has 8 nitrogen and oxygen atoms in total. The summed E-state index contributed by atoms with van der Waals surface area (Å²) < 4.78 is 41.8. The summed E-state index contributed by atoms with van der Waals surface area (Å²) in [4.78, 5) is 23.7. The van der Waals surface area contributed by atoms with Gasteiger partial charge in [0.1, 0.15) is 17.9 Å². The van der Waals surface area contributed by atoms with Gasteiger partial charge < -0.3 is 13.9 Å². The molecule has 0 aliphatic carbocycles. The number of rotatable bonds is 7. The van der Waals surface area contributed by atoms with Gasteiger partial charge in [0.05, 0.1) is 25.7 Å². The van der Waals surface area contributed by atoms with Crippen molar-refractivity contribution in [2.75, 3.05) is 20.8 Å². The average Bonchev–Trinajstić information content (AvgIpc) is 3.01. The van der Waals surface area contributed by atoms with Gasteiger partial charge in [-0.15, -0.1) is 0 Å². The molecule has 146 valence electrons. The van der Waals surface area contributed by atoms with E-state index in [-0.39, 0.29) is 27.4 Å². The van der Waals surface area contributed by atoms with Crippen LogP contribution >= 0.6 is 15.9 Å². The normalized spacial score (nSPS) is 11.4. The Hall–Kier alpha value is -2.17. The van der Waals surface area contributed by atoms with Crippen LogP contribution in [0.3, 0.4) is 0 Å². The third-order valence-electron chi connectivity index (χ3n) is 3.70. The van der Waals surface area contributed by atoms with Gasteiger partial charge in [0.15, 0.2) is 4.67 Å². The first-order valence-electron chi connectivity index (χ1n) is 7.69. The highest BCUT2D eigenvalue weighted by atomic mass is 79.9. The molecular formula is C17H18BrNO7S. The van der Waals surface area contributed by atoms with Crippen molar-refractivity contribution in [1.82, 2.24) is 4.31 Å². The maximum absolute atomic E-state index is 13.0. The van der Waals surface area contributed by atoms with E-state index in [1.54, 1.807) is 12.1 Å². The van der Waals surface area contributed by atoms with Crippen molar-refractivity contribution >= 4 is 37.9 Å². The third-order valence-corrected chi connectivity index (χ3v) is 5.89. The number of hydrogen-bond acceptors (Lipinski definition) is 7. The molecule has 0 unspecified atom stereocenters. The molecular weight excluding hydrogens is 442 g/mol. The number of carbonyl (C=O) groups is 2. The average molecular weight is 460 g/mol. The molecule has 10 heteroatoms. The number of ether oxygens (including phenoxy) is 2.